The fraction of sp³-hybridized carbons (Fsp3) is 0.667. The van der Waals surface area contributed by atoms with E-state index in [0.717, 1.165) is 43.2 Å². The largest absolute Gasteiger partial charge is 0.478 e. The molecule has 152 valence electrons. The third-order valence-electron chi connectivity index (χ3n) is 5.36. The Balaban J connectivity index is 2.76. The Hall–Kier alpha value is -1.64. The summed E-state index contributed by atoms with van der Waals surface area (Å²) >= 11 is 0. The predicted octanol–water partition coefficient (Wildman–Crippen LogP) is 7.00. The minimum atomic E-state index is -0.970. The van der Waals surface area contributed by atoms with Gasteiger partial charge in [0, 0.05) is 5.56 Å². The molecular weight excluding hydrogens is 336 g/mol. The number of hydrogen-bond donors (Lipinski definition) is 1. The van der Waals surface area contributed by atoms with Gasteiger partial charge in [-0.25, -0.2) is 4.79 Å². The molecule has 0 aromatic heterocycles. The zero-order valence-corrected chi connectivity index (χ0v) is 17.4. The first kappa shape index (κ1) is 23.4. The number of rotatable bonds is 16. The molecule has 3 nitrogen and oxygen atoms in total. The Labute approximate surface area is 165 Å². The van der Waals surface area contributed by atoms with Crippen molar-refractivity contribution in [3.63, 3.8) is 0 Å². The van der Waals surface area contributed by atoms with E-state index in [1.165, 1.54) is 57.8 Å². The first-order valence-electron chi connectivity index (χ1n) is 11.0. The van der Waals surface area contributed by atoms with Crippen LogP contribution in [0.25, 0.3) is 0 Å². The summed E-state index contributed by atoms with van der Waals surface area (Å²) in [6, 6.07) is 3.67. The number of carboxylic acids is 1. The number of aldehydes is 1. The maximum absolute atomic E-state index is 11.8. The Morgan fingerprint density at radius 3 is 1.85 bits per heavy atom. The number of aromatic carboxylic acids is 1. The van der Waals surface area contributed by atoms with Gasteiger partial charge in [-0.1, -0.05) is 90.2 Å². The molecule has 0 aliphatic carbocycles. The highest BCUT2D eigenvalue weighted by Gasteiger charge is 2.18. The van der Waals surface area contributed by atoms with Crippen LogP contribution in [0.15, 0.2) is 12.1 Å². The van der Waals surface area contributed by atoms with Crippen molar-refractivity contribution in [2.24, 2.45) is 0 Å². The average Bonchev–Trinajstić information content (AvgIpc) is 2.67. The fourth-order valence-corrected chi connectivity index (χ4v) is 3.76. The molecule has 0 atom stereocenters. The lowest BCUT2D eigenvalue weighted by molar-refractivity contribution is 0.0692. The van der Waals surface area contributed by atoms with Gasteiger partial charge >= 0.3 is 5.97 Å². The number of aryl methyl sites for hydroxylation is 1. The van der Waals surface area contributed by atoms with E-state index in [2.05, 4.69) is 13.8 Å². The predicted molar refractivity (Wildman–Crippen MR) is 113 cm³/mol. The van der Waals surface area contributed by atoms with Gasteiger partial charge in [0.25, 0.3) is 0 Å². The van der Waals surface area contributed by atoms with Crippen LogP contribution in [0.3, 0.4) is 0 Å². The van der Waals surface area contributed by atoms with Crippen LogP contribution in [-0.2, 0) is 12.8 Å². The van der Waals surface area contributed by atoms with Gasteiger partial charge in [-0.3, -0.25) is 4.79 Å². The van der Waals surface area contributed by atoms with Crippen LogP contribution >= 0.6 is 0 Å². The second-order valence-electron chi connectivity index (χ2n) is 7.63. The molecule has 0 heterocycles. The lowest BCUT2D eigenvalue weighted by atomic mass is 9.89. The third kappa shape index (κ3) is 8.73. The smallest absolute Gasteiger partial charge is 0.336 e. The van der Waals surface area contributed by atoms with E-state index >= 15 is 0 Å². The molecule has 0 aliphatic heterocycles. The van der Waals surface area contributed by atoms with E-state index in [1.807, 2.05) is 6.07 Å². The minimum Gasteiger partial charge on any atom is -0.478 e. The summed E-state index contributed by atoms with van der Waals surface area (Å²) in [4.78, 5) is 23.2. The monoisotopic (exact) mass is 374 g/mol. The first-order valence-corrected chi connectivity index (χ1v) is 11.0. The summed E-state index contributed by atoms with van der Waals surface area (Å²) in [5, 5.41) is 9.68. The van der Waals surface area contributed by atoms with Crippen molar-refractivity contribution in [2.45, 2.75) is 104 Å². The standard InChI is InChI=1S/C24H38O3/c1-3-5-7-9-11-13-15-20-17-18-21(19-25)23(24(26)27)22(20)16-14-12-10-8-6-4-2/h17-19H,3-16H2,1-2H3,(H,26,27). The highest BCUT2D eigenvalue weighted by atomic mass is 16.4. The molecule has 0 bridgehead atoms. The Kier molecular flexibility index (Phi) is 12.5. The second kappa shape index (κ2) is 14.4. The molecule has 1 N–H and O–H groups in total. The number of carboxylic acid groups (broad SMARTS) is 1. The van der Waals surface area contributed by atoms with Gasteiger partial charge in [0.2, 0.25) is 0 Å². The van der Waals surface area contributed by atoms with Crippen molar-refractivity contribution in [3.05, 3.63) is 34.4 Å². The molecule has 0 radical (unpaired) electrons. The lowest BCUT2D eigenvalue weighted by Crippen LogP contribution is -2.10. The van der Waals surface area contributed by atoms with Gasteiger partial charge in [0.1, 0.15) is 0 Å². The molecule has 0 aliphatic rings. The van der Waals surface area contributed by atoms with E-state index in [4.69, 9.17) is 0 Å². The quantitative estimate of drug-likeness (QED) is 0.250. The summed E-state index contributed by atoms with van der Waals surface area (Å²) in [7, 11) is 0. The third-order valence-corrected chi connectivity index (χ3v) is 5.36. The van der Waals surface area contributed by atoms with Crippen LogP contribution in [0.5, 0.6) is 0 Å². The van der Waals surface area contributed by atoms with E-state index in [1.54, 1.807) is 6.07 Å². The molecule has 0 spiro atoms. The van der Waals surface area contributed by atoms with Crippen LogP contribution in [0.2, 0.25) is 0 Å². The van der Waals surface area contributed by atoms with E-state index in [9.17, 15) is 14.7 Å². The highest BCUT2D eigenvalue weighted by molar-refractivity contribution is 5.99. The summed E-state index contributed by atoms with van der Waals surface area (Å²) in [5.74, 6) is -0.970. The fourth-order valence-electron chi connectivity index (χ4n) is 3.76. The molecule has 0 saturated carbocycles. The summed E-state index contributed by atoms with van der Waals surface area (Å²) in [6.45, 7) is 4.43. The van der Waals surface area contributed by atoms with Gasteiger partial charge in [0.05, 0.1) is 5.56 Å². The average molecular weight is 375 g/mol. The maximum Gasteiger partial charge on any atom is 0.336 e. The van der Waals surface area contributed by atoms with Gasteiger partial charge in [-0.15, -0.1) is 0 Å². The second-order valence-corrected chi connectivity index (χ2v) is 7.63. The van der Waals surface area contributed by atoms with Crippen molar-refractivity contribution in [1.82, 2.24) is 0 Å². The normalized spacial score (nSPS) is 10.9. The van der Waals surface area contributed by atoms with Gasteiger partial charge in [0.15, 0.2) is 6.29 Å². The maximum atomic E-state index is 11.8. The Morgan fingerprint density at radius 2 is 1.33 bits per heavy atom. The van der Waals surface area contributed by atoms with Gasteiger partial charge in [-0.05, 0) is 36.8 Å². The molecule has 1 aromatic carbocycles. The van der Waals surface area contributed by atoms with E-state index in [-0.39, 0.29) is 5.56 Å². The Bertz CT molecular complexity index is 563. The summed E-state index contributed by atoms with van der Waals surface area (Å²) in [6.07, 6.45) is 16.8. The molecular formula is C24H38O3. The van der Waals surface area contributed by atoms with Crippen LogP contribution in [-0.4, -0.2) is 17.4 Å². The topological polar surface area (TPSA) is 54.4 Å². The van der Waals surface area contributed by atoms with E-state index in [0.29, 0.717) is 11.8 Å². The molecule has 27 heavy (non-hydrogen) atoms. The van der Waals surface area contributed by atoms with Crippen LogP contribution in [0.1, 0.15) is 123 Å². The molecule has 0 fully saturated rings. The number of hydrogen-bond acceptors (Lipinski definition) is 2. The van der Waals surface area contributed by atoms with Gasteiger partial charge < -0.3 is 5.11 Å². The van der Waals surface area contributed by atoms with Crippen molar-refractivity contribution < 1.29 is 14.7 Å². The molecule has 0 amide bonds. The number of carbonyl (C=O) groups excluding carboxylic acids is 1. The first-order chi connectivity index (χ1) is 13.2. The van der Waals surface area contributed by atoms with Crippen LogP contribution < -0.4 is 0 Å². The molecule has 3 heteroatoms. The molecule has 0 unspecified atom stereocenters. The number of benzene rings is 1. The SMILES string of the molecule is CCCCCCCCc1ccc(C=O)c(C(=O)O)c1CCCCCCCC. The van der Waals surface area contributed by atoms with Crippen molar-refractivity contribution >= 4 is 12.3 Å². The van der Waals surface area contributed by atoms with Crippen molar-refractivity contribution in [1.29, 1.82) is 0 Å². The van der Waals surface area contributed by atoms with Gasteiger partial charge in [-0.2, -0.15) is 0 Å². The molecule has 1 rings (SSSR count). The van der Waals surface area contributed by atoms with E-state index < -0.39 is 5.97 Å². The minimum absolute atomic E-state index is 0.238. The molecule has 0 saturated heterocycles. The number of unbranched alkanes of at least 4 members (excludes halogenated alkanes) is 10. The molecule has 1 aromatic rings. The summed E-state index contributed by atoms with van der Waals surface area (Å²) in [5.41, 5.74) is 2.58. The zero-order chi connectivity index (χ0) is 19.9. The summed E-state index contributed by atoms with van der Waals surface area (Å²) < 4.78 is 0. The van der Waals surface area contributed by atoms with Crippen molar-refractivity contribution in [2.75, 3.05) is 0 Å². The van der Waals surface area contributed by atoms with Crippen molar-refractivity contribution in [3.8, 4) is 0 Å². The Morgan fingerprint density at radius 1 is 0.815 bits per heavy atom. The van der Waals surface area contributed by atoms with Crippen LogP contribution in [0.4, 0.5) is 0 Å². The zero-order valence-electron chi connectivity index (χ0n) is 17.4. The highest BCUT2D eigenvalue weighted by Crippen LogP contribution is 2.24. The van der Waals surface area contributed by atoms with Crippen LogP contribution in [0, 0.1) is 0 Å². The number of carbonyl (C=O) groups is 2. The lowest BCUT2D eigenvalue weighted by Gasteiger charge is -2.15.